The third-order valence-electron chi connectivity index (χ3n) is 5.46. The zero-order valence-corrected chi connectivity index (χ0v) is 21.5. The molecule has 10 nitrogen and oxygen atoms in total. The van der Waals surface area contributed by atoms with Gasteiger partial charge in [0.1, 0.15) is 0 Å². The fourth-order valence-corrected chi connectivity index (χ4v) is 4.82. The fraction of sp³-hybridized carbons (Fsp3) is 0.160. The van der Waals surface area contributed by atoms with Crippen LogP contribution in [-0.2, 0) is 27.8 Å². The van der Waals surface area contributed by atoms with Crippen LogP contribution in [0.15, 0.2) is 93.0 Å². The third-order valence-corrected chi connectivity index (χ3v) is 7.37. The van der Waals surface area contributed by atoms with Crippen LogP contribution >= 0.6 is 11.8 Å². The molecule has 0 spiro atoms. The molecule has 0 unspecified atom stereocenters. The molecule has 190 valence electrons. The summed E-state index contributed by atoms with van der Waals surface area (Å²) in [6.45, 7) is 2.05. The highest BCUT2D eigenvalue weighted by Gasteiger charge is 2.14. The van der Waals surface area contributed by atoms with Crippen LogP contribution in [0.25, 0.3) is 10.9 Å². The van der Waals surface area contributed by atoms with Gasteiger partial charge in [0.2, 0.25) is 10.0 Å². The van der Waals surface area contributed by atoms with Crippen LogP contribution in [0, 0.1) is 0 Å². The lowest BCUT2D eigenvalue weighted by Gasteiger charge is -2.13. The minimum atomic E-state index is -3.78. The number of para-hydroxylation sites is 1. The first-order chi connectivity index (χ1) is 17.7. The number of carbonyl (C=O) groups is 1. The van der Waals surface area contributed by atoms with Crippen LogP contribution in [0.5, 0.6) is 0 Å². The van der Waals surface area contributed by atoms with Crippen LogP contribution in [0.2, 0.25) is 0 Å². The van der Waals surface area contributed by atoms with Crippen molar-refractivity contribution in [1.29, 1.82) is 0 Å². The SMILES string of the molecule is C/C(=N\NC(=O)CSc1nc2ccccc2c(=O)n1CCc1ccc(S(N)(=O)=O)cc1)c1cccnc1. The predicted octanol–water partition coefficient (Wildman–Crippen LogP) is 2.31. The predicted molar refractivity (Wildman–Crippen MR) is 143 cm³/mol. The van der Waals surface area contributed by atoms with Gasteiger partial charge in [-0.2, -0.15) is 5.10 Å². The zero-order chi connectivity index (χ0) is 26.4. The van der Waals surface area contributed by atoms with Crippen LogP contribution < -0.4 is 16.1 Å². The van der Waals surface area contributed by atoms with Crippen molar-refractivity contribution in [2.75, 3.05) is 5.75 Å². The van der Waals surface area contributed by atoms with Gasteiger partial charge in [-0.3, -0.25) is 19.1 Å². The summed E-state index contributed by atoms with van der Waals surface area (Å²) in [5.74, 6) is -0.349. The van der Waals surface area contributed by atoms with Crippen molar-refractivity contribution in [2.24, 2.45) is 10.2 Å². The lowest BCUT2D eigenvalue weighted by Crippen LogP contribution is -2.26. The Kier molecular flexibility index (Phi) is 8.11. The number of nitrogens with two attached hydrogens (primary N) is 1. The minimum Gasteiger partial charge on any atom is -0.287 e. The van der Waals surface area contributed by atoms with E-state index in [1.165, 1.54) is 16.7 Å². The molecule has 0 radical (unpaired) electrons. The van der Waals surface area contributed by atoms with Gasteiger partial charge in [-0.1, -0.05) is 42.1 Å². The second-order valence-electron chi connectivity index (χ2n) is 8.07. The molecule has 4 rings (SSSR count). The Morgan fingerprint density at radius 3 is 2.57 bits per heavy atom. The molecule has 2 aromatic heterocycles. The minimum absolute atomic E-state index is 0.00232. The van der Waals surface area contributed by atoms with E-state index in [2.05, 4.69) is 20.5 Å². The summed E-state index contributed by atoms with van der Waals surface area (Å²) >= 11 is 1.13. The standard InChI is InChI=1S/C25H24N6O4S2/c1-17(19-5-4-13-27-15-19)29-30-23(32)16-36-25-28-22-7-3-2-6-21(22)24(33)31(25)14-12-18-8-10-20(11-9-18)37(26,34)35/h2-11,13,15H,12,14,16H2,1H3,(H,30,32)(H2,26,34,35)/b29-17+. The maximum absolute atomic E-state index is 13.3. The molecule has 2 heterocycles. The summed E-state index contributed by atoms with van der Waals surface area (Å²) < 4.78 is 24.5. The number of pyridine rings is 1. The van der Waals surface area contributed by atoms with Gasteiger partial charge >= 0.3 is 0 Å². The number of nitrogens with zero attached hydrogens (tertiary/aromatic N) is 4. The van der Waals surface area contributed by atoms with Crippen molar-refractivity contribution < 1.29 is 13.2 Å². The number of hydrogen-bond acceptors (Lipinski definition) is 8. The first-order valence-electron chi connectivity index (χ1n) is 11.2. The number of amides is 1. The molecule has 2 aromatic carbocycles. The van der Waals surface area contributed by atoms with Crippen molar-refractivity contribution in [2.45, 2.75) is 29.9 Å². The van der Waals surface area contributed by atoms with Crippen LogP contribution in [0.3, 0.4) is 0 Å². The molecule has 0 fully saturated rings. The van der Waals surface area contributed by atoms with Crippen LogP contribution in [0.4, 0.5) is 0 Å². The molecule has 1 amide bonds. The largest absolute Gasteiger partial charge is 0.287 e. The van der Waals surface area contributed by atoms with E-state index in [9.17, 15) is 18.0 Å². The quantitative estimate of drug-likeness (QED) is 0.144. The Bertz CT molecular complexity index is 1620. The van der Waals surface area contributed by atoms with Gasteiger partial charge in [0.15, 0.2) is 5.16 Å². The number of primary sulfonamides is 1. The monoisotopic (exact) mass is 536 g/mol. The number of thioether (sulfide) groups is 1. The lowest BCUT2D eigenvalue weighted by molar-refractivity contribution is -0.118. The average molecular weight is 537 g/mol. The van der Waals surface area contributed by atoms with Gasteiger partial charge in [0.25, 0.3) is 11.5 Å². The molecule has 0 aliphatic carbocycles. The summed E-state index contributed by atoms with van der Waals surface area (Å²) in [5, 5.41) is 10.1. The number of rotatable bonds is 9. The number of hydrogen-bond donors (Lipinski definition) is 2. The Morgan fingerprint density at radius 2 is 1.86 bits per heavy atom. The van der Waals surface area contributed by atoms with E-state index in [0.29, 0.717) is 28.2 Å². The summed E-state index contributed by atoms with van der Waals surface area (Å²) in [7, 11) is -3.78. The van der Waals surface area contributed by atoms with E-state index in [1.807, 2.05) is 6.07 Å². The van der Waals surface area contributed by atoms with E-state index in [4.69, 9.17) is 5.14 Å². The van der Waals surface area contributed by atoms with Gasteiger partial charge in [-0.15, -0.1) is 0 Å². The Balaban J connectivity index is 1.51. The second-order valence-corrected chi connectivity index (χ2v) is 10.6. The fourth-order valence-electron chi connectivity index (χ4n) is 3.49. The number of aromatic nitrogens is 3. The summed E-state index contributed by atoms with van der Waals surface area (Å²) in [4.78, 5) is 34.4. The smallest absolute Gasteiger partial charge is 0.262 e. The van der Waals surface area contributed by atoms with E-state index in [0.717, 1.165) is 22.9 Å². The van der Waals surface area contributed by atoms with Gasteiger partial charge in [0, 0.05) is 24.5 Å². The number of sulfonamides is 1. The van der Waals surface area contributed by atoms with E-state index in [-0.39, 0.29) is 28.7 Å². The second kappa shape index (κ2) is 11.5. The van der Waals surface area contributed by atoms with Crippen molar-refractivity contribution >= 4 is 44.3 Å². The molecular formula is C25H24N6O4S2. The first-order valence-corrected chi connectivity index (χ1v) is 13.7. The normalized spacial score (nSPS) is 12.0. The summed E-state index contributed by atoms with van der Waals surface area (Å²) in [6, 6.07) is 16.8. The highest BCUT2D eigenvalue weighted by molar-refractivity contribution is 7.99. The number of hydrazone groups is 1. The number of carbonyl (C=O) groups excluding carboxylic acids is 1. The molecule has 0 saturated heterocycles. The molecule has 4 aromatic rings. The number of benzene rings is 2. The lowest BCUT2D eigenvalue weighted by atomic mass is 10.1. The average Bonchev–Trinajstić information content (AvgIpc) is 2.90. The van der Waals surface area contributed by atoms with Gasteiger partial charge in [-0.25, -0.2) is 24.0 Å². The molecule has 12 heteroatoms. The number of fused-ring (bicyclic) bond motifs is 1. The highest BCUT2D eigenvalue weighted by atomic mass is 32.2. The van der Waals surface area contributed by atoms with Gasteiger partial charge < -0.3 is 0 Å². The maximum atomic E-state index is 13.3. The van der Waals surface area contributed by atoms with Crippen molar-refractivity contribution in [3.8, 4) is 0 Å². The van der Waals surface area contributed by atoms with Crippen molar-refractivity contribution in [3.63, 3.8) is 0 Å². The molecule has 0 aliphatic rings. The Morgan fingerprint density at radius 1 is 1.11 bits per heavy atom. The number of nitrogens with one attached hydrogen (secondary N) is 1. The topological polar surface area (TPSA) is 149 Å². The molecule has 0 aliphatic heterocycles. The molecule has 0 atom stereocenters. The van der Waals surface area contributed by atoms with Crippen LogP contribution in [-0.4, -0.2) is 40.3 Å². The molecule has 0 bridgehead atoms. The van der Waals surface area contributed by atoms with Crippen LogP contribution in [0.1, 0.15) is 18.1 Å². The Hall–Kier alpha value is -3.87. The molecular weight excluding hydrogens is 512 g/mol. The summed E-state index contributed by atoms with van der Waals surface area (Å²) in [6.07, 6.45) is 3.75. The van der Waals surface area contributed by atoms with E-state index in [1.54, 1.807) is 61.8 Å². The van der Waals surface area contributed by atoms with E-state index >= 15 is 0 Å². The molecule has 0 saturated carbocycles. The Labute approximate surface area is 217 Å². The van der Waals surface area contributed by atoms with Gasteiger partial charge in [0.05, 0.1) is 27.3 Å². The molecule has 3 N–H and O–H groups in total. The third kappa shape index (κ3) is 6.67. The van der Waals surface area contributed by atoms with Gasteiger partial charge in [-0.05, 0) is 49.2 Å². The molecule has 37 heavy (non-hydrogen) atoms. The number of aryl methyl sites for hydroxylation is 1. The van der Waals surface area contributed by atoms with E-state index < -0.39 is 10.0 Å². The van der Waals surface area contributed by atoms with Crippen molar-refractivity contribution in [1.82, 2.24) is 20.0 Å². The highest BCUT2D eigenvalue weighted by Crippen LogP contribution is 2.19. The maximum Gasteiger partial charge on any atom is 0.262 e. The first kappa shape index (κ1) is 26.2. The van der Waals surface area contributed by atoms with Crippen molar-refractivity contribution in [3.05, 3.63) is 94.5 Å². The summed E-state index contributed by atoms with van der Waals surface area (Å²) in [5.41, 5.74) is 5.06. The zero-order valence-electron chi connectivity index (χ0n) is 19.9.